The van der Waals surface area contributed by atoms with Crippen molar-refractivity contribution in [3.63, 3.8) is 0 Å². The monoisotopic (exact) mass is 206 g/mol. The normalized spacial score (nSPS) is 24.6. The molecular formula is C11H18N4. The Kier molecular flexibility index (Phi) is 2.06. The number of aromatic amines is 1. The average molecular weight is 206 g/mol. The van der Waals surface area contributed by atoms with Gasteiger partial charge in [0.05, 0.1) is 0 Å². The van der Waals surface area contributed by atoms with Crippen molar-refractivity contribution < 1.29 is 0 Å². The molecular weight excluding hydrogens is 188 g/mol. The van der Waals surface area contributed by atoms with Crippen molar-refractivity contribution in [1.29, 1.82) is 0 Å². The van der Waals surface area contributed by atoms with Gasteiger partial charge in [0.1, 0.15) is 5.82 Å². The minimum Gasteiger partial charge on any atom is -0.329 e. The van der Waals surface area contributed by atoms with E-state index >= 15 is 0 Å². The maximum atomic E-state index is 5.91. The minimum absolute atomic E-state index is 0.0869. The molecule has 0 unspecified atom stereocenters. The first-order chi connectivity index (χ1) is 7.34. The number of hydrogen-bond acceptors (Lipinski definition) is 3. The van der Waals surface area contributed by atoms with E-state index in [9.17, 15) is 0 Å². The van der Waals surface area contributed by atoms with Gasteiger partial charge in [0, 0.05) is 17.9 Å². The van der Waals surface area contributed by atoms with Gasteiger partial charge in [0.15, 0.2) is 5.82 Å². The third kappa shape index (κ3) is 1.47. The van der Waals surface area contributed by atoms with Crippen LogP contribution >= 0.6 is 0 Å². The molecule has 2 fully saturated rings. The molecule has 4 heteroatoms. The topological polar surface area (TPSA) is 67.6 Å². The van der Waals surface area contributed by atoms with Crippen molar-refractivity contribution in [2.75, 3.05) is 6.54 Å². The quantitative estimate of drug-likeness (QED) is 0.786. The smallest absolute Gasteiger partial charge is 0.158 e. The Balaban J connectivity index is 1.88. The van der Waals surface area contributed by atoms with Crippen LogP contribution in [-0.4, -0.2) is 21.7 Å². The summed E-state index contributed by atoms with van der Waals surface area (Å²) in [5, 5.41) is 7.47. The summed E-state index contributed by atoms with van der Waals surface area (Å²) >= 11 is 0. The maximum absolute atomic E-state index is 5.91. The number of nitrogens with two attached hydrogens (primary N) is 1. The van der Waals surface area contributed by atoms with Crippen LogP contribution in [0.5, 0.6) is 0 Å². The summed E-state index contributed by atoms with van der Waals surface area (Å²) in [5.74, 6) is 2.72. The Morgan fingerprint density at radius 2 is 2.07 bits per heavy atom. The molecule has 1 heterocycles. The number of H-pyrrole nitrogens is 1. The zero-order valence-corrected chi connectivity index (χ0v) is 9.00. The van der Waals surface area contributed by atoms with Crippen LogP contribution < -0.4 is 5.73 Å². The van der Waals surface area contributed by atoms with Crippen molar-refractivity contribution in [3.8, 4) is 0 Å². The summed E-state index contributed by atoms with van der Waals surface area (Å²) in [6, 6.07) is 0. The van der Waals surface area contributed by atoms with Gasteiger partial charge in [-0.05, 0) is 25.7 Å². The molecule has 3 N–H and O–H groups in total. The van der Waals surface area contributed by atoms with E-state index in [0.717, 1.165) is 24.5 Å². The summed E-state index contributed by atoms with van der Waals surface area (Å²) in [7, 11) is 0. The Hall–Kier alpha value is -0.900. The highest BCUT2D eigenvalue weighted by atomic mass is 15.2. The second kappa shape index (κ2) is 3.30. The van der Waals surface area contributed by atoms with Crippen molar-refractivity contribution in [2.45, 2.75) is 49.9 Å². The van der Waals surface area contributed by atoms with Crippen LogP contribution in [0.3, 0.4) is 0 Å². The van der Waals surface area contributed by atoms with Gasteiger partial charge in [-0.2, -0.15) is 5.10 Å². The predicted molar refractivity (Wildman–Crippen MR) is 57.6 cm³/mol. The predicted octanol–water partition coefficient (Wildman–Crippen LogP) is 1.45. The lowest BCUT2D eigenvalue weighted by Crippen LogP contribution is -2.33. The number of nitrogens with one attached hydrogen (secondary N) is 1. The van der Waals surface area contributed by atoms with Gasteiger partial charge in [-0.15, -0.1) is 0 Å². The van der Waals surface area contributed by atoms with Crippen LogP contribution in [-0.2, 0) is 5.41 Å². The van der Waals surface area contributed by atoms with Crippen LogP contribution in [0, 0.1) is 0 Å². The van der Waals surface area contributed by atoms with Crippen molar-refractivity contribution >= 4 is 0 Å². The molecule has 0 radical (unpaired) electrons. The largest absolute Gasteiger partial charge is 0.329 e. The van der Waals surface area contributed by atoms with E-state index in [1.165, 1.54) is 25.7 Å². The first-order valence-electron chi connectivity index (χ1n) is 5.97. The summed E-state index contributed by atoms with van der Waals surface area (Å²) in [4.78, 5) is 4.65. The molecule has 0 bridgehead atoms. The molecule has 82 valence electrons. The fourth-order valence-electron chi connectivity index (χ4n) is 2.62. The zero-order chi connectivity index (χ0) is 10.3. The summed E-state index contributed by atoms with van der Waals surface area (Å²) in [5.41, 5.74) is 5.99. The standard InChI is InChI=1S/C11H18N4/c12-7-11(5-1-2-6-11)10-13-9(14-15-10)8-3-4-8/h8H,1-7,12H2,(H,13,14,15). The molecule has 2 saturated carbocycles. The fourth-order valence-corrected chi connectivity index (χ4v) is 2.62. The summed E-state index contributed by atoms with van der Waals surface area (Å²) < 4.78 is 0. The third-order valence-electron chi connectivity index (χ3n) is 3.89. The Morgan fingerprint density at radius 1 is 1.33 bits per heavy atom. The van der Waals surface area contributed by atoms with Crippen LogP contribution in [0.2, 0.25) is 0 Å². The van der Waals surface area contributed by atoms with Gasteiger partial charge in [-0.25, -0.2) is 4.98 Å². The second-order valence-corrected chi connectivity index (χ2v) is 5.01. The van der Waals surface area contributed by atoms with Crippen LogP contribution in [0.4, 0.5) is 0 Å². The van der Waals surface area contributed by atoms with Crippen LogP contribution in [0.1, 0.15) is 56.1 Å². The number of hydrogen-bond donors (Lipinski definition) is 2. The van der Waals surface area contributed by atoms with Gasteiger partial charge in [0.25, 0.3) is 0 Å². The molecule has 0 saturated heterocycles. The SMILES string of the molecule is NCC1(c2n[nH]c(C3CC3)n2)CCCC1. The van der Waals surface area contributed by atoms with Crippen LogP contribution in [0.25, 0.3) is 0 Å². The van der Waals surface area contributed by atoms with Gasteiger partial charge in [-0.3, -0.25) is 5.10 Å². The maximum Gasteiger partial charge on any atom is 0.158 e. The van der Waals surface area contributed by atoms with Crippen molar-refractivity contribution in [2.24, 2.45) is 5.73 Å². The Labute approximate surface area is 89.7 Å². The van der Waals surface area contributed by atoms with Gasteiger partial charge < -0.3 is 5.73 Å². The molecule has 1 aromatic heterocycles. The lowest BCUT2D eigenvalue weighted by atomic mass is 9.85. The first kappa shape index (κ1) is 9.33. The number of aromatic nitrogens is 3. The third-order valence-corrected chi connectivity index (χ3v) is 3.89. The average Bonchev–Trinajstić information content (AvgIpc) is 2.84. The van der Waals surface area contributed by atoms with Gasteiger partial charge >= 0.3 is 0 Å². The summed E-state index contributed by atoms with van der Waals surface area (Å²) in [6.07, 6.45) is 7.39. The first-order valence-corrected chi connectivity index (χ1v) is 5.97. The van der Waals surface area contributed by atoms with E-state index < -0.39 is 0 Å². The van der Waals surface area contributed by atoms with Crippen molar-refractivity contribution in [1.82, 2.24) is 15.2 Å². The van der Waals surface area contributed by atoms with Gasteiger partial charge in [-0.1, -0.05) is 12.8 Å². The zero-order valence-electron chi connectivity index (χ0n) is 9.00. The molecule has 0 aliphatic heterocycles. The van der Waals surface area contributed by atoms with E-state index in [1.54, 1.807) is 0 Å². The number of rotatable bonds is 3. The summed E-state index contributed by atoms with van der Waals surface area (Å²) in [6.45, 7) is 0.689. The van der Waals surface area contributed by atoms with E-state index in [2.05, 4.69) is 15.2 Å². The molecule has 2 aliphatic rings. The Morgan fingerprint density at radius 3 is 2.67 bits per heavy atom. The number of nitrogens with zero attached hydrogens (tertiary/aromatic N) is 2. The van der Waals surface area contributed by atoms with E-state index in [-0.39, 0.29) is 5.41 Å². The lowest BCUT2D eigenvalue weighted by Gasteiger charge is -2.22. The molecule has 15 heavy (non-hydrogen) atoms. The molecule has 2 aliphatic carbocycles. The molecule has 0 amide bonds. The molecule has 1 aromatic rings. The van der Waals surface area contributed by atoms with Gasteiger partial charge in [0.2, 0.25) is 0 Å². The Bertz CT molecular complexity index is 347. The van der Waals surface area contributed by atoms with E-state index in [1.807, 2.05) is 0 Å². The molecule has 0 spiro atoms. The minimum atomic E-state index is 0.0869. The van der Waals surface area contributed by atoms with E-state index in [4.69, 9.17) is 5.73 Å². The highest BCUT2D eigenvalue weighted by molar-refractivity contribution is 5.14. The fraction of sp³-hybridized carbons (Fsp3) is 0.818. The van der Waals surface area contributed by atoms with Crippen LogP contribution in [0.15, 0.2) is 0 Å². The molecule has 3 rings (SSSR count). The highest BCUT2D eigenvalue weighted by Gasteiger charge is 2.39. The molecule has 0 atom stereocenters. The highest BCUT2D eigenvalue weighted by Crippen LogP contribution is 2.41. The second-order valence-electron chi connectivity index (χ2n) is 5.01. The lowest BCUT2D eigenvalue weighted by molar-refractivity contribution is 0.426. The van der Waals surface area contributed by atoms with Crippen molar-refractivity contribution in [3.05, 3.63) is 11.6 Å². The molecule has 0 aromatic carbocycles. The molecule has 4 nitrogen and oxygen atoms in total. The van der Waals surface area contributed by atoms with E-state index in [0.29, 0.717) is 12.5 Å².